The van der Waals surface area contributed by atoms with Gasteiger partial charge in [-0.25, -0.2) is 0 Å². The van der Waals surface area contributed by atoms with Gasteiger partial charge in [0.2, 0.25) is 6.71 Å². The third kappa shape index (κ3) is 3.60. The van der Waals surface area contributed by atoms with Crippen LogP contribution in [0, 0.1) is 0 Å². The third-order valence-corrected chi connectivity index (χ3v) is 5.56. The highest BCUT2D eigenvalue weighted by atomic mass is 15.1. The van der Waals surface area contributed by atoms with Crippen molar-refractivity contribution in [3.63, 3.8) is 0 Å². The van der Waals surface area contributed by atoms with Crippen LogP contribution in [0.5, 0.6) is 0 Å². The molecule has 0 saturated carbocycles. The maximum atomic E-state index is 2.40. The first-order valence-electron chi connectivity index (χ1n) is 10.3. The van der Waals surface area contributed by atoms with Gasteiger partial charge in [-0.15, -0.1) is 0 Å². The summed E-state index contributed by atoms with van der Waals surface area (Å²) in [5.74, 6) is 2.40. The first kappa shape index (κ1) is 18.3. The predicted molar refractivity (Wildman–Crippen MR) is 130 cm³/mol. The molecule has 0 N–H and O–H groups in total. The number of rotatable bonds is 4. The second-order valence-electron chi connectivity index (χ2n) is 7.46. The van der Waals surface area contributed by atoms with Crippen molar-refractivity contribution in [2.24, 2.45) is 0 Å². The molecule has 1 aliphatic heterocycles. The van der Waals surface area contributed by atoms with Crippen LogP contribution in [0.4, 0.5) is 5.69 Å². The van der Waals surface area contributed by atoms with Crippen LogP contribution in [0.15, 0.2) is 134 Å². The second kappa shape index (κ2) is 8.30. The summed E-state index contributed by atoms with van der Waals surface area (Å²) in [5, 5.41) is 0. The predicted octanol–water partition coefficient (Wildman–Crippen LogP) is 6.07. The van der Waals surface area contributed by atoms with Crippen LogP contribution in [0.3, 0.4) is 0 Å². The number of hydrogen-bond acceptors (Lipinski definition) is 1. The lowest BCUT2D eigenvalue weighted by Gasteiger charge is -2.32. The first-order chi connectivity index (χ1) is 14.9. The van der Waals surface area contributed by atoms with Gasteiger partial charge in [0.15, 0.2) is 0 Å². The number of benzene rings is 4. The summed E-state index contributed by atoms with van der Waals surface area (Å²) in [6.45, 7) is 0.184. The second-order valence-corrected chi connectivity index (χ2v) is 7.46. The molecule has 0 aliphatic carbocycles. The molecule has 0 bridgehead atoms. The van der Waals surface area contributed by atoms with E-state index in [0.29, 0.717) is 0 Å². The summed E-state index contributed by atoms with van der Waals surface area (Å²) in [5.41, 5.74) is 7.42. The van der Waals surface area contributed by atoms with Gasteiger partial charge in [-0.05, 0) is 28.7 Å². The van der Waals surface area contributed by atoms with E-state index in [0.717, 1.165) is 5.69 Å². The zero-order valence-corrected chi connectivity index (χ0v) is 16.7. The number of para-hydroxylation sites is 1. The van der Waals surface area contributed by atoms with E-state index in [2.05, 4.69) is 138 Å². The van der Waals surface area contributed by atoms with Crippen LogP contribution in [0.25, 0.3) is 11.2 Å². The summed E-state index contributed by atoms with van der Waals surface area (Å²) in [4.78, 5) is 2.32. The minimum absolute atomic E-state index is 0.184. The average Bonchev–Trinajstić information content (AvgIpc) is 2.85. The van der Waals surface area contributed by atoms with Crippen LogP contribution < -0.4 is 10.4 Å². The minimum atomic E-state index is 0.184. The van der Waals surface area contributed by atoms with E-state index >= 15 is 0 Å². The monoisotopic (exact) mass is 383 g/mol. The Labute approximate surface area is 178 Å². The van der Waals surface area contributed by atoms with Gasteiger partial charge in [-0.3, -0.25) is 0 Å². The maximum Gasteiger partial charge on any atom is 0.238 e. The largest absolute Gasteiger partial charge is 0.318 e. The number of anilines is 1. The van der Waals surface area contributed by atoms with Crippen molar-refractivity contribution in [3.8, 4) is 0 Å². The van der Waals surface area contributed by atoms with E-state index in [9.17, 15) is 0 Å². The highest BCUT2D eigenvalue weighted by Gasteiger charge is 2.28. The molecule has 1 nitrogen and oxygen atoms in total. The van der Waals surface area contributed by atoms with E-state index in [1.54, 1.807) is 0 Å². The van der Waals surface area contributed by atoms with Gasteiger partial charge in [0.25, 0.3) is 0 Å². The van der Waals surface area contributed by atoms with Crippen LogP contribution in [-0.2, 0) is 0 Å². The minimum Gasteiger partial charge on any atom is -0.318 e. The summed E-state index contributed by atoms with van der Waals surface area (Å²) < 4.78 is 0. The number of nitrogens with zero attached hydrogens (tertiary/aromatic N) is 1. The molecule has 4 aromatic rings. The smallest absolute Gasteiger partial charge is 0.238 e. The van der Waals surface area contributed by atoms with Crippen molar-refractivity contribution in [1.29, 1.82) is 0 Å². The van der Waals surface area contributed by atoms with Crippen molar-refractivity contribution in [1.82, 2.24) is 0 Å². The Morgan fingerprint density at radius 3 is 1.60 bits per heavy atom. The molecule has 5 rings (SSSR count). The van der Waals surface area contributed by atoms with Crippen molar-refractivity contribution in [2.75, 3.05) is 4.90 Å². The van der Waals surface area contributed by atoms with E-state index in [1.165, 1.54) is 27.8 Å². The lowest BCUT2D eigenvalue weighted by atomic mass is 9.38. The zero-order chi connectivity index (χ0) is 20.2. The van der Waals surface area contributed by atoms with Gasteiger partial charge >= 0.3 is 0 Å². The van der Waals surface area contributed by atoms with Crippen LogP contribution in [0.1, 0.15) is 11.1 Å². The zero-order valence-electron chi connectivity index (χ0n) is 16.7. The summed E-state index contributed by atoms with van der Waals surface area (Å²) in [6.07, 6.45) is 2.31. The molecule has 1 heterocycles. The SMILES string of the molecule is C1=C(c2ccccc2)B(c2ccccc2)C=C(c2ccccc2)N1c1ccccc1. The van der Waals surface area contributed by atoms with Gasteiger partial charge in [0.1, 0.15) is 0 Å². The molecule has 0 fully saturated rings. The quantitative estimate of drug-likeness (QED) is 0.387. The Bertz CT molecular complexity index is 1070. The van der Waals surface area contributed by atoms with E-state index < -0.39 is 0 Å². The van der Waals surface area contributed by atoms with Crippen molar-refractivity contribution in [2.45, 2.75) is 0 Å². The maximum absolute atomic E-state index is 2.40. The van der Waals surface area contributed by atoms with E-state index in [1.807, 2.05) is 0 Å². The summed E-state index contributed by atoms with van der Waals surface area (Å²) in [6, 6.07) is 42.7. The van der Waals surface area contributed by atoms with Gasteiger partial charge < -0.3 is 4.90 Å². The Morgan fingerprint density at radius 2 is 1.00 bits per heavy atom. The Kier molecular flexibility index (Phi) is 5.06. The Hall–Kier alpha value is -3.78. The molecule has 1 aliphatic rings. The fraction of sp³-hybridized carbons (Fsp3) is 0. The first-order valence-corrected chi connectivity index (χ1v) is 10.3. The molecule has 0 saturated heterocycles. The molecule has 0 aromatic heterocycles. The molecule has 4 aromatic carbocycles. The molecule has 142 valence electrons. The van der Waals surface area contributed by atoms with Crippen LogP contribution >= 0.6 is 0 Å². The van der Waals surface area contributed by atoms with Gasteiger partial charge in [0.05, 0.1) is 0 Å². The van der Waals surface area contributed by atoms with Gasteiger partial charge in [-0.2, -0.15) is 0 Å². The Balaban J connectivity index is 1.72. The van der Waals surface area contributed by atoms with Crippen LogP contribution in [0.2, 0.25) is 0 Å². The highest BCUT2D eigenvalue weighted by Crippen LogP contribution is 2.34. The lowest BCUT2D eigenvalue weighted by molar-refractivity contribution is 1.29. The van der Waals surface area contributed by atoms with E-state index in [4.69, 9.17) is 0 Å². The molecule has 0 radical (unpaired) electrons. The molecule has 0 spiro atoms. The lowest BCUT2D eigenvalue weighted by Crippen LogP contribution is -2.36. The van der Waals surface area contributed by atoms with Crippen molar-refractivity contribution < 1.29 is 0 Å². The fourth-order valence-electron chi connectivity index (χ4n) is 4.08. The molecule has 0 atom stereocenters. The van der Waals surface area contributed by atoms with Gasteiger partial charge in [-0.1, -0.05) is 121 Å². The molecular formula is C28H22BN. The van der Waals surface area contributed by atoms with E-state index in [-0.39, 0.29) is 6.71 Å². The molecule has 0 amide bonds. The molecule has 0 unspecified atom stereocenters. The normalized spacial score (nSPS) is 13.6. The van der Waals surface area contributed by atoms with Crippen LogP contribution in [-0.4, -0.2) is 6.71 Å². The number of hydrogen-bond donors (Lipinski definition) is 0. The van der Waals surface area contributed by atoms with Crippen molar-refractivity contribution >= 4 is 29.0 Å². The Morgan fingerprint density at radius 1 is 0.500 bits per heavy atom. The topological polar surface area (TPSA) is 3.24 Å². The molecular weight excluding hydrogens is 361 g/mol. The summed E-state index contributed by atoms with van der Waals surface area (Å²) in [7, 11) is 0. The van der Waals surface area contributed by atoms with Gasteiger partial charge in [0, 0.05) is 17.6 Å². The standard InChI is InChI=1S/C28H22BN/c1-5-13-23(14-6-1)27-22-30(26-19-11-4-12-20-26)28(24-15-7-2-8-16-24)21-29(27)25-17-9-3-10-18-25/h1-22H. The highest BCUT2D eigenvalue weighted by molar-refractivity contribution is 6.94. The summed E-state index contributed by atoms with van der Waals surface area (Å²) >= 11 is 0. The molecule has 2 heteroatoms. The average molecular weight is 383 g/mol. The fourth-order valence-corrected chi connectivity index (χ4v) is 4.08. The van der Waals surface area contributed by atoms with Crippen molar-refractivity contribution in [3.05, 3.63) is 145 Å². The molecule has 30 heavy (non-hydrogen) atoms. The third-order valence-electron chi connectivity index (χ3n) is 5.56.